The Balaban J connectivity index is 3.02. The molecule has 0 bridgehead atoms. The molecule has 0 atom stereocenters. The monoisotopic (exact) mass is 356 g/mol. The van der Waals surface area contributed by atoms with Gasteiger partial charge in [-0.25, -0.2) is 8.42 Å². The van der Waals surface area contributed by atoms with Crippen molar-refractivity contribution in [2.45, 2.75) is 39.5 Å². The highest BCUT2D eigenvalue weighted by atomic mass is 32.2. The minimum atomic E-state index is -3.82. The molecule has 1 N–H and O–H groups in total. The number of carbonyl (C=O) groups is 1. The first-order valence-electron chi connectivity index (χ1n) is 7.92. The zero-order valence-corrected chi connectivity index (χ0v) is 16.2. The number of amides is 1. The molecule has 1 aromatic carbocycles. The second-order valence-corrected chi connectivity index (χ2v) is 8.83. The second-order valence-electron chi connectivity index (χ2n) is 6.92. The van der Waals surface area contributed by atoms with Crippen LogP contribution in [0.25, 0.3) is 0 Å². The fraction of sp³-hybridized carbons (Fsp3) is 0.588. The van der Waals surface area contributed by atoms with Crippen molar-refractivity contribution in [1.82, 2.24) is 9.62 Å². The van der Waals surface area contributed by atoms with Crippen molar-refractivity contribution in [1.29, 1.82) is 0 Å². The normalized spacial score (nSPS) is 12.3. The van der Waals surface area contributed by atoms with E-state index in [4.69, 9.17) is 4.74 Å². The van der Waals surface area contributed by atoms with Crippen LogP contribution in [0.4, 0.5) is 0 Å². The summed E-state index contributed by atoms with van der Waals surface area (Å²) in [6.07, 6.45) is 0. The van der Waals surface area contributed by atoms with E-state index >= 15 is 0 Å². The summed E-state index contributed by atoms with van der Waals surface area (Å²) >= 11 is 0. The molecular weight excluding hydrogens is 328 g/mol. The lowest BCUT2D eigenvalue weighted by Gasteiger charge is -2.23. The maximum atomic E-state index is 12.9. The quantitative estimate of drug-likeness (QED) is 0.812. The standard InChI is InChI=1S/C17H28N2O4S/c1-7-19(11-16(20)18-12-17(3,4)5)24(21,22)15-10-13(2)8-9-14(15)23-6/h8-10H,7,11-12H2,1-6H3,(H,18,20). The fourth-order valence-electron chi connectivity index (χ4n) is 2.07. The van der Waals surface area contributed by atoms with Crippen LogP contribution in [-0.4, -0.2) is 45.4 Å². The largest absolute Gasteiger partial charge is 0.495 e. The lowest BCUT2D eigenvalue weighted by molar-refractivity contribution is -0.121. The number of rotatable bonds is 7. The molecule has 0 heterocycles. The lowest BCUT2D eigenvalue weighted by Crippen LogP contribution is -2.42. The molecule has 1 amide bonds. The molecule has 0 fully saturated rings. The van der Waals surface area contributed by atoms with E-state index in [0.717, 1.165) is 9.87 Å². The molecule has 6 nitrogen and oxygen atoms in total. The van der Waals surface area contributed by atoms with Crippen LogP contribution in [-0.2, 0) is 14.8 Å². The number of hydrogen-bond donors (Lipinski definition) is 1. The highest BCUT2D eigenvalue weighted by Crippen LogP contribution is 2.27. The van der Waals surface area contributed by atoms with Crippen molar-refractivity contribution < 1.29 is 17.9 Å². The molecule has 0 saturated heterocycles. The number of aryl methyl sites for hydroxylation is 1. The highest BCUT2D eigenvalue weighted by molar-refractivity contribution is 7.89. The van der Waals surface area contributed by atoms with Crippen LogP contribution >= 0.6 is 0 Å². The van der Waals surface area contributed by atoms with E-state index in [9.17, 15) is 13.2 Å². The fourth-order valence-corrected chi connectivity index (χ4v) is 3.72. The van der Waals surface area contributed by atoms with Crippen LogP contribution in [0.15, 0.2) is 23.1 Å². The van der Waals surface area contributed by atoms with E-state index in [-0.39, 0.29) is 35.1 Å². The van der Waals surface area contributed by atoms with Gasteiger partial charge in [0.1, 0.15) is 10.6 Å². The van der Waals surface area contributed by atoms with Gasteiger partial charge in [-0.1, -0.05) is 33.8 Å². The molecule has 0 aliphatic heterocycles. The van der Waals surface area contributed by atoms with E-state index in [0.29, 0.717) is 6.54 Å². The molecule has 0 aliphatic rings. The maximum Gasteiger partial charge on any atom is 0.247 e. The minimum Gasteiger partial charge on any atom is -0.495 e. The number of likely N-dealkylation sites (N-methyl/N-ethyl adjacent to an activating group) is 1. The Morgan fingerprint density at radius 3 is 2.42 bits per heavy atom. The molecule has 1 aromatic rings. The third-order valence-electron chi connectivity index (χ3n) is 3.43. The zero-order chi connectivity index (χ0) is 18.5. The lowest BCUT2D eigenvalue weighted by atomic mass is 9.97. The van der Waals surface area contributed by atoms with Gasteiger partial charge < -0.3 is 10.1 Å². The summed E-state index contributed by atoms with van der Waals surface area (Å²) in [5.74, 6) is -0.0453. The number of ether oxygens (including phenoxy) is 1. The topological polar surface area (TPSA) is 75.7 Å². The molecule has 0 radical (unpaired) electrons. The highest BCUT2D eigenvalue weighted by Gasteiger charge is 2.28. The Morgan fingerprint density at radius 2 is 1.92 bits per heavy atom. The summed E-state index contributed by atoms with van der Waals surface area (Å²) < 4.78 is 32.1. The molecule has 136 valence electrons. The Kier molecular flexibility index (Phi) is 6.80. The molecule has 1 rings (SSSR count). The third kappa shape index (κ3) is 5.49. The average Bonchev–Trinajstić information content (AvgIpc) is 2.49. The van der Waals surface area contributed by atoms with Crippen LogP contribution in [0.5, 0.6) is 5.75 Å². The molecular formula is C17H28N2O4S. The summed E-state index contributed by atoms with van der Waals surface area (Å²) in [6, 6.07) is 4.96. The van der Waals surface area contributed by atoms with Crippen molar-refractivity contribution in [3.8, 4) is 5.75 Å². The maximum absolute atomic E-state index is 12.9. The van der Waals surface area contributed by atoms with Crippen molar-refractivity contribution in [2.24, 2.45) is 5.41 Å². The third-order valence-corrected chi connectivity index (χ3v) is 5.37. The van der Waals surface area contributed by atoms with Crippen molar-refractivity contribution in [3.63, 3.8) is 0 Å². The number of sulfonamides is 1. The van der Waals surface area contributed by atoms with Crippen molar-refractivity contribution in [2.75, 3.05) is 26.7 Å². The van der Waals surface area contributed by atoms with Gasteiger partial charge in [-0.05, 0) is 30.0 Å². The predicted octanol–water partition coefficient (Wildman–Crippen LogP) is 2.18. The second kappa shape index (κ2) is 7.98. The molecule has 7 heteroatoms. The Labute approximate surface area is 145 Å². The number of carbonyl (C=O) groups excluding carboxylic acids is 1. The number of benzene rings is 1. The van der Waals surface area contributed by atoms with Gasteiger partial charge in [-0.2, -0.15) is 4.31 Å². The summed E-state index contributed by atoms with van der Waals surface area (Å²) in [4.78, 5) is 12.2. The van der Waals surface area contributed by atoms with Crippen LogP contribution < -0.4 is 10.1 Å². The van der Waals surface area contributed by atoms with Gasteiger partial charge in [0.05, 0.1) is 13.7 Å². The van der Waals surface area contributed by atoms with Gasteiger partial charge in [0.25, 0.3) is 0 Å². The zero-order valence-electron chi connectivity index (χ0n) is 15.3. The average molecular weight is 356 g/mol. The molecule has 0 aliphatic carbocycles. The van der Waals surface area contributed by atoms with Gasteiger partial charge in [0.2, 0.25) is 15.9 Å². The SMILES string of the molecule is CCN(CC(=O)NCC(C)(C)C)S(=O)(=O)c1cc(C)ccc1OC. The molecule has 24 heavy (non-hydrogen) atoms. The van der Waals surface area contributed by atoms with Crippen LogP contribution in [0.3, 0.4) is 0 Å². The summed E-state index contributed by atoms with van der Waals surface area (Å²) in [6.45, 7) is 9.98. The molecule has 0 saturated carbocycles. The first kappa shape index (κ1) is 20.4. The van der Waals surface area contributed by atoms with Gasteiger partial charge in [0, 0.05) is 13.1 Å². The van der Waals surface area contributed by atoms with Gasteiger partial charge >= 0.3 is 0 Å². The first-order chi connectivity index (χ1) is 11.0. The Hall–Kier alpha value is -1.60. The van der Waals surface area contributed by atoms with Crippen LogP contribution in [0, 0.1) is 12.3 Å². The number of nitrogens with zero attached hydrogens (tertiary/aromatic N) is 1. The van der Waals surface area contributed by atoms with Crippen LogP contribution in [0.2, 0.25) is 0 Å². The number of hydrogen-bond acceptors (Lipinski definition) is 4. The van der Waals surface area contributed by atoms with Crippen molar-refractivity contribution in [3.05, 3.63) is 23.8 Å². The molecule has 0 aromatic heterocycles. The van der Waals surface area contributed by atoms with E-state index in [1.54, 1.807) is 25.1 Å². The first-order valence-corrected chi connectivity index (χ1v) is 9.36. The van der Waals surface area contributed by atoms with Gasteiger partial charge in [-0.3, -0.25) is 4.79 Å². The Morgan fingerprint density at radius 1 is 1.29 bits per heavy atom. The van der Waals surface area contributed by atoms with E-state index in [1.165, 1.54) is 7.11 Å². The molecule has 0 spiro atoms. The molecule has 0 unspecified atom stereocenters. The smallest absolute Gasteiger partial charge is 0.247 e. The summed E-state index contributed by atoms with van der Waals surface area (Å²) in [7, 11) is -2.39. The summed E-state index contributed by atoms with van der Waals surface area (Å²) in [5.41, 5.74) is 0.744. The van der Waals surface area contributed by atoms with Gasteiger partial charge in [0.15, 0.2) is 0 Å². The van der Waals surface area contributed by atoms with E-state index in [1.807, 2.05) is 27.7 Å². The minimum absolute atomic E-state index is 0.0641. The summed E-state index contributed by atoms with van der Waals surface area (Å²) in [5, 5.41) is 2.77. The van der Waals surface area contributed by atoms with E-state index in [2.05, 4.69) is 5.32 Å². The van der Waals surface area contributed by atoms with E-state index < -0.39 is 10.0 Å². The van der Waals surface area contributed by atoms with Crippen LogP contribution in [0.1, 0.15) is 33.3 Å². The van der Waals surface area contributed by atoms with Gasteiger partial charge in [-0.15, -0.1) is 0 Å². The Bertz CT molecular complexity index is 678. The number of nitrogens with one attached hydrogen (secondary N) is 1. The predicted molar refractivity (Wildman–Crippen MR) is 94.6 cm³/mol. The number of methoxy groups -OCH3 is 1. The van der Waals surface area contributed by atoms with Crippen molar-refractivity contribution >= 4 is 15.9 Å².